The molecule has 1 N–H and O–H groups in total. The van der Waals surface area contributed by atoms with Crippen molar-refractivity contribution in [3.05, 3.63) is 0 Å². The lowest BCUT2D eigenvalue weighted by Gasteiger charge is -2.19. The van der Waals surface area contributed by atoms with E-state index in [0.29, 0.717) is 12.4 Å². The van der Waals surface area contributed by atoms with Crippen LogP contribution in [0.15, 0.2) is 0 Å². The third-order valence-electron chi connectivity index (χ3n) is 1.22. The number of aliphatic carboxylic acids is 1. The molecule has 0 amide bonds. The predicted molar refractivity (Wildman–Crippen MR) is 55.3 cm³/mol. The molecule has 0 aliphatic rings. The quantitative estimate of drug-likeness (QED) is 0.675. The van der Waals surface area contributed by atoms with E-state index in [1.165, 1.54) is 0 Å². The van der Waals surface area contributed by atoms with Crippen LogP contribution in [0.4, 0.5) is 0 Å². The minimum Gasteiger partial charge on any atom is -0.481 e. The molecule has 0 aromatic heterocycles. The SMILES string of the molecule is CC(C)(C)OCCSCCC(=O)O. The van der Waals surface area contributed by atoms with E-state index in [-0.39, 0.29) is 12.0 Å². The minimum absolute atomic E-state index is 0.0899. The lowest BCUT2D eigenvalue weighted by atomic mass is 10.2. The van der Waals surface area contributed by atoms with E-state index in [1.54, 1.807) is 11.8 Å². The Kier molecular flexibility index (Phi) is 6.16. The van der Waals surface area contributed by atoms with Gasteiger partial charge in [-0.05, 0) is 20.8 Å². The van der Waals surface area contributed by atoms with E-state index in [2.05, 4.69) is 0 Å². The average molecular weight is 206 g/mol. The van der Waals surface area contributed by atoms with E-state index in [9.17, 15) is 4.79 Å². The maximum atomic E-state index is 10.1. The molecule has 0 saturated heterocycles. The van der Waals surface area contributed by atoms with Crippen molar-refractivity contribution in [2.75, 3.05) is 18.1 Å². The van der Waals surface area contributed by atoms with E-state index in [0.717, 1.165) is 5.75 Å². The van der Waals surface area contributed by atoms with Gasteiger partial charge in [0, 0.05) is 11.5 Å². The summed E-state index contributed by atoms with van der Waals surface area (Å²) >= 11 is 1.62. The molecule has 0 aliphatic heterocycles. The van der Waals surface area contributed by atoms with Crippen molar-refractivity contribution in [2.45, 2.75) is 32.8 Å². The van der Waals surface area contributed by atoms with Gasteiger partial charge >= 0.3 is 5.97 Å². The summed E-state index contributed by atoms with van der Waals surface area (Å²) in [4.78, 5) is 10.1. The number of hydrogen-bond donors (Lipinski definition) is 1. The summed E-state index contributed by atoms with van der Waals surface area (Å²) in [6.07, 6.45) is 0.236. The molecule has 0 fully saturated rings. The summed E-state index contributed by atoms with van der Waals surface area (Å²) < 4.78 is 5.47. The molecule has 0 rings (SSSR count). The lowest BCUT2D eigenvalue weighted by Crippen LogP contribution is -2.20. The second-order valence-corrected chi connectivity index (χ2v) is 4.94. The Labute approximate surface area is 83.9 Å². The molecular weight excluding hydrogens is 188 g/mol. The van der Waals surface area contributed by atoms with Crippen molar-refractivity contribution >= 4 is 17.7 Å². The molecule has 0 aliphatic carbocycles. The number of carboxylic acids is 1. The fourth-order valence-corrected chi connectivity index (χ4v) is 1.39. The first-order valence-electron chi connectivity index (χ1n) is 4.35. The van der Waals surface area contributed by atoms with E-state index < -0.39 is 5.97 Å². The van der Waals surface area contributed by atoms with E-state index in [1.807, 2.05) is 20.8 Å². The highest BCUT2D eigenvalue weighted by Gasteiger charge is 2.08. The molecule has 0 atom stereocenters. The van der Waals surface area contributed by atoms with Crippen LogP contribution >= 0.6 is 11.8 Å². The molecule has 13 heavy (non-hydrogen) atoms. The number of rotatable bonds is 6. The fourth-order valence-electron chi connectivity index (χ4n) is 0.668. The van der Waals surface area contributed by atoms with Crippen LogP contribution in [0.3, 0.4) is 0 Å². The summed E-state index contributed by atoms with van der Waals surface area (Å²) in [6, 6.07) is 0. The Morgan fingerprint density at radius 3 is 2.46 bits per heavy atom. The van der Waals surface area contributed by atoms with Gasteiger partial charge in [0.2, 0.25) is 0 Å². The van der Waals surface area contributed by atoms with Crippen LogP contribution in [0.5, 0.6) is 0 Å². The molecule has 0 spiro atoms. The zero-order valence-corrected chi connectivity index (χ0v) is 9.32. The normalized spacial score (nSPS) is 11.6. The fraction of sp³-hybridized carbons (Fsp3) is 0.889. The van der Waals surface area contributed by atoms with Crippen LogP contribution in [0.25, 0.3) is 0 Å². The van der Waals surface area contributed by atoms with Crippen molar-refractivity contribution in [1.82, 2.24) is 0 Å². The molecule has 78 valence electrons. The van der Waals surface area contributed by atoms with E-state index >= 15 is 0 Å². The zero-order chi connectivity index (χ0) is 10.3. The van der Waals surface area contributed by atoms with Gasteiger partial charge in [-0.2, -0.15) is 11.8 Å². The number of carboxylic acid groups (broad SMARTS) is 1. The summed E-state index contributed by atoms with van der Waals surface area (Å²) in [5.41, 5.74) is -0.0899. The highest BCUT2D eigenvalue weighted by atomic mass is 32.2. The smallest absolute Gasteiger partial charge is 0.304 e. The van der Waals surface area contributed by atoms with Crippen LogP contribution in [0.1, 0.15) is 27.2 Å². The second kappa shape index (κ2) is 6.27. The van der Waals surface area contributed by atoms with Gasteiger partial charge in [-0.25, -0.2) is 0 Å². The second-order valence-electron chi connectivity index (χ2n) is 3.72. The van der Waals surface area contributed by atoms with Crippen LogP contribution in [0, 0.1) is 0 Å². The van der Waals surface area contributed by atoms with Crippen molar-refractivity contribution in [1.29, 1.82) is 0 Å². The average Bonchev–Trinajstić information content (AvgIpc) is 1.93. The molecule has 0 heterocycles. The Morgan fingerprint density at radius 1 is 1.38 bits per heavy atom. The molecule has 0 aromatic rings. The van der Waals surface area contributed by atoms with Crippen molar-refractivity contribution in [2.24, 2.45) is 0 Å². The number of thioether (sulfide) groups is 1. The largest absolute Gasteiger partial charge is 0.481 e. The standard InChI is InChI=1S/C9H18O3S/c1-9(2,3)12-5-7-13-6-4-8(10)11/h4-7H2,1-3H3,(H,10,11). The highest BCUT2D eigenvalue weighted by molar-refractivity contribution is 7.99. The Hall–Kier alpha value is -0.220. The van der Waals surface area contributed by atoms with Gasteiger partial charge in [-0.1, -0.05) is 0 Å². The van der Waals surface area contributed by atoms with Gasteiger partial charge in [0.1, 0.15) is 0 Å². The zero-order valence-electron chi connectivity index (χ0n) is 8.50. The first-order chi connectivity index (χ1) is 5.92. The third kappa shape index (κ3) is 11.8. The molecule has 3 nitrogen and oxygen atoms in total. The highest BCUT2D eigenvalue weighted by Crippen LogP contribution is 2.09. The summed E-state index contributed by atoms with van der Waals surface area (Å²) in [5.74, 6) is 0.803. The Balaban J connectivity index is 3.13. The Bertz CT molecular complexity index is 151. The van der Waals surface area contributed by atoms with Crippen LogP contribution in [-0.2, 0) is 9.53 Å². The van der Waals surface area contributed by atoms with Gasteiger partial charge in [0.25, 0.3) is 0 Å². The van der Waals surface area contributed by atoms with Crippen molar-refractivity contribution < 1.29 is 14.6 Å². The van der Waals surface area contributed by atoms with Crippen LogP contribution in [0.2, 0.25) is 0 Å². The van der Waals surface area contributed by atoms with Gasteiger partial charge in [0.15, 0.2) is 0 Å². The van der Waals surface area contributed by atoms with Gasteiger partial charge in [-0.3, -0.25) is 4.79 Å². The molecule has 0 radical (unpaired) electrons. The molecule has 0 unspecified atom stereocenters. The van der Waals surface area contributed by atoms with Crippen LogP contribution in [-0.4, -0.2) is 34.8 Å². The topological polar surface area (TPSA) is 46.5 Å². The van der Waals surface area contributed by atoms with Gasteiger partial charge < -0.3 is 9.84 Å². The van der Waals surface area contributed by atoms with Gasteiger partial charge in [0.05, 0.1) is 18.6 Å². The molecule has 0 aromatic carbocycles. The lowest BCUT2D eigenvalue weighted by molar-refractivity contribution is -0.136. The molecule has 0 bridgehead atoms. The predicted octanol–water partition coefficient (Wildman–Crippen LogP) is 2.01. The first-order valence-corrected chi connectivity index (χ1v) is 5.51. The summed E-state index contributed by atoms with van der Waals surface area (Å²) in [6.45, 7) is 6.71. The van der Waals surface area contributed by atoms with Crippen LogP contribution < -0.4 is 0 Å². The number of hydrogen-bond acceptors (Lipinski definition) is 3. The molecular formula is C9H18O3S. The first kappa shape index (κ1) is 12.8. The summed E-state index contributed by atoms with van der Waals surface area (Å²) in [7, 11) is 0. The third-order valence-corrected chi connectivity index (χ3v) is 2.17. The number of carbonyl (C=O) groups is 1. The van der Waals surface area contributed by atoms with Gasteiger partial charge in [-0.15, -0.1) is 0 Å². The Morgan fingerprint density at radius 2 is 2.00 bits per heavy atom. The minimum atomic E-state index is -0.732. The molecule has 0 saturated carbocycles. The maximum Gasteiger partial charge on any atom is 0.304 e. The summed E-state index contributed by atoms with van der Waals surface area (Å²) in [5, 5.41) is 8.35. The van der Waals surface area contributed by atoms with Crippen molar-refractivity contribution in [3.63, 3.8) is 0 Å². The van der Waals surface area contributed by atoms with E-state index in [4.69, 9.17) is 9.84 Å². The maximum absolute atomic E-state index is 10.1. The molecule has 4 heteroatoms. The number of ether oxygens (including phenoxy) is 1. The monoisotopic (exact) mass is 206 g/mol. The van der Waals surface area contributed by atoms with Crippen molar-refractivity contribution in [3.8, 4) is 0 Å².